The summed E-state index contributed by atoms with van der Waals surface area (Å²) in [5.74, 6) is -1.97. The summed E-state index contributed by atoms with van der Waals surface area (Å²) in [4.78, 5) is 25.0. The zero-order valence-electron chi connectivity index (χ0n) is 19.7. The molecule has 0 aromatic heterocycles. The second kappa shape index (κ2) is 10.4. The van der Waals surface area contributed by atoms with Gasteiger partial charge < -0.3 is 10.4 Å². The monoisotopic (exact) mass is 523 g/mol. The summed E-state index contributed by atoms with van der Waals surface area (Å²) in [6, 6.07) is 9.71. The van der Waals surface area contributed by atoms with Crippen LogP contribution in [0, 0.1) is 6.92 Å². The van der Waals surface area contributed by atoms with E-state index in [4.69, 9.17) is 0 Å². The molecule has 1 heterocycles. The van der Waals surface area contributed by atoms with Crippen molar-refractivity contribution < 1.29 is 31.5 Å². The van der Waals surface area contributed by atoms with Crippen LogP contribution in [0.1, 0.15) is 24.0 Å². The van der Waals surface area contributed by atoms with Crippen LogP contribution in [0.3, 0.4) is 0 Å². The van der Waals surface area contributed by atoms with Crippen LogP contribution in [0.25, 0.3) is 0 Å². The van der Waals surface area contributed by atoms with Crippen LogP contribution in [-0.2, 0) is 36.1 Å². The first-order valence-corrected chi connectivity index (χ1v) is 13.8. The SMILES string of the molecule is Cc1ccc(S(=O)(=O)N2CCC[C@H]2C(=O)N[C@@H](Cc2ccc(S(=O)(=O)N(C)C)cc2)C(=O)O)cc1. The summed E-state index contributed by atoms with van der Waals surface area (Å²) in [6.45, 7) is 2.00. The number of aryl methyl sites for hydroxylation is 1. The van der Waals surface area contributed by atoms with Gasteiger partial charge in [-0.1, -0.05) is 29.8 Å². The minimum Gasteiger partial charge on any atom is -0.480 e. The van der Waals surface area contributed by atoms with Crippen molar-refractivity contribution in [3.63, 3.8) is 0 Å². The smallest absolute Gasteiger partial charge is 0.326 e. The van der Waals surface area contributed by atoms with Crippen molar-refractivity contribution >= 4 is 31.9 Å². The zero-order valence-corrected chi connectivity index (χ0v) is 21.3. The summed E-state index contributed by atoms with van der Waals surface area (Å²) in [5, 5.41) is 12.1. The summed E-state index contributed by atoms with van der Waals surface area (Å²) < 4.78 is 52.8. The second-order valence-corrected chi connectivity index (χ2v) is 12.7. The number of carbonyl (C=O) groups excluding carboxylic acids is 1. The highest BCUT2D eigenvalue weighted by Crippen LogP contribution is 2.26. The molecule has 0 aliphatic carbocycles. The Labute approximate surface area is 205 Å². The molecule has 0 bridgehead atoms. The number of benzene rings is 2. The van der Waals surface area contributed by atoms with Crippen molar-refractivity contribution in [2.75, 3.05) is 20.6 Å². The van der Waals surface area contributed by atoms with Gasteiger partial charge in [0.2, 0.25) is 26.0 Å². The van der Waals surface area contributed by atoms with Crippen LogP contribution in [-0.4, -0.2) is 75.2 Å². The molecular formula is C23H29N3O7S2. The van der Waals surface area contributed by atoms with Gasteiger partial charge in [-0.05, 0) is 49.6 Å². The van der Waals surface area contributed by atoms with E-state index < -0.39 is 44.0 Å². The summed E-state index contributed by atoms with van der Waals surface area (Å²) >= 11 is 0. The summed E-state index contributed by atoms with van der Waals surface area (Å²) in [7, 11) is -4.74. The van der Waals surface area contributed by atoms with Gasteiger partial charge >= 0.3 is 5.97 Å². The van der Waals surface area contributed by atoms with E-state index in [0.717, 1.165) is 14.2 Å². The van der Waals surface area contributed by atoms with Crippen LogP contribution in [0.4, 0.5) is 0 Å². The molecular weight excluding hydrogens is 494 g/mol. The standard InChI is InChI=1S/C23H29N3O7S2/c1-16-6-10-19(11-7-16)35(32,33)26-14-4-5-21(26)22(27)24-20(23(28)29)15-17-8-12-18(13-9-17)34(30,31)25(2)3/h6-13,20-21H,4-5,14-15H2,1-3H3,(H,24,27)(H,28,29)/t20-,21-/m0/s1. The quantitative estimate of drug-likeness (QED) is 0.503. The maximum atomic E-state index is 13.1. The molecule has 0 saturated carbocycles. The van der Waals surface area contributed by atoms with E-state index in [9.17, 15) is 31.5 Å². The van der Waals surface area contributed by atoms with Crippen molar-refractivity contribution in [2.24, 2.45) is 0 Å². The van der Waals surface area contributed by atoms with Gasteiger partial charge in [0.25, 0.3) is 0 Å². The van der Waals surface area contributed by atoms with Crippen molar-refractivity contribution in [3.8, 4) is 0 Å². The highest BCUT2D eigenvalue weighted by molar-refractivity contribution is 7.89. The Kier molecular flexibility index (Phi) is 8.00. The number of amides is 1. The molecule has 2 atom stereocenters. The van der Waals surface area contributed by atoms with Crippen LogP contribution >= 0.6 is 0 Å². The Bertz CT molecular complexity index is 1290. The van der Waals surface area contributed by atoms with Gasteiger partial charge in [0.1, 0.15) is 12.1 Å². The van der Waals surface area contributed by atoms with Gasteiger partial charge in [-0.3, -0.25) is 4.79 Å². The van der Waals surface area contributed by atoms with Gasteiger partial charge in [0, 0.05) is 27.1 Å². The number of rotatable bonds is 9. The molecule has 2 N–H and O–H groups in total. The number of nitrogens with zero attached hydrogens (tertiary/aromatic N) is 2. The Morgan fingerprint density at radius 1 is 1.03 bits per heavy atom. The van der Waals surface area contributed by atoms with E-state index in [1.54, 1.807) is 12.1 Å². The van der Waals surface area contributed by atoms with Gasteiger partial charge in [0.15, 0.2) is 0 Å². The molecule has 2 aromatic carbocycles. The Morgan fingerprint density at radius 3 is 2.14 bits per heavy atom. The van der Waals surface area contributed by atoms with E-state index in [-0.39, 0.29) is 29.2 Å². The predicted octanol–water partition coefficient (Wildman–Crippen LogP) is 1.21. The average Bonchev–Trinajstić information content (AvgIpc) is 3.30. The molecule has 10 nitrogen and oxygen atoms in total. The fraction of sp³-hybridized carbons (Fsp3) is 0.391. The number of hydrogen-bond acceptors (Lipinski definition) is 6. The molecule has 2 aromatic rings. The van der Waals surface area contributed by atoms with Crippen molar-refractivity contribution in [1.82, 2.24) is 13.9 Å². The first-order valence-electron chi connectivity index (χ1n) is 11.0. The summed E-state index contributed by atoms with van der Waals surface area (Å²) in [5.41, 5.74) is 1.40. The third-order valence-electron chi connectivity index (χ3n) is 5.89. The molecule has 0 spiro atoms. The molecule has 3 rings (SSSR count). The van der Waals surface area contributed by atoms with Crippen LogP contribution < -0.4 is 5.32 Å². The number of nitrogens with one attached hydrogen (secondary N) is 1. The minimum absolute atomic E-state index is 0.0603. The molecule has 1 aliphatic rings. The van der Waals surface area contributed by atoms with Crippen LogP contribution in [0.5, 0.6) is 0 Å². The van der Waals surface area contributed by atoms with E-state index in [0.29, 0.717) is 12.0 Å². The summed E-state index contributed by atoms with van der Waals surface area (Å²) in [6.07, 6.45) is 0.657. The topological polar surface area (TPSA) is 141 Å². The van der Waals surface area contributed by atoms with Crippen molar-refractivity contribution in [1.29, 1.82) is 0 Å². The maximum Gasteiger partial charge on any atom is 0.326 e. The van der Waals surface area contributed by atoms with Crippen LogP contribution in [0.15, 0.2) is 58.3 Å². The van der Waals surface area contributed by atoms with Crippen LogP contribution in [0.2, 0.25) is 0 Å². The number of carboxylic acid groups (broad SMARTS) is 1. The third-order valence-corrected chi connectivity index (χ3v) is 9.64. The lowest BCUT2D eigenvalue weighted by Crippen LogP contribution is -2.51. The molecule has 12 heteroatoms. The predicted molar refractivity (Wildman–Crippen MR) is 129 cm³/mol. The molecule has 1 saturated heterocycles. The first-order chi connectivity index (χ1) is 16.3. The molecule has 1 amide bonds. The number of carbonyl (C=O) groups is 2. The Balaban J connectivity index is 1.75. The molecule has 0 unspecified atom stereocenters. The fourth-order valence-electron chi connectivity index (χ4n) is 3.85. The van der Waals surface area contributed by atoms with Gasteiger partial charge in [-0.2, -0.15) is 4.31 Å². The van der Waals surface area contributed by atoms with E-state index in [1.807, 2.05) is 6.92 Å². The van der Waals surface area contributed by atoms with E-state index >= 15 is 0 Å². The molecule has 0 radical (unpaired) electrons. The van der Waals surface area contributed by atoms with E-state index in [2.05, 4.69) is 5.32 Å². The Morgan fingerprint density at radius 2 is 1.60 bits per heavy atom. The highest BCUT2D eigenvalue weighted by Gasteiger charge is 2.40. The third kappa shape index (κ3) is 5.89. The largest absolute Gasteiger partial charge is 0.480 e. The first kappa shape index (κ1) is 26.8. The minimum atomic E-state index is -3.93. The second-order valence-electron chi connectivity index (χ2n) is 8.62. The van der Waals surface area contributed by atoms with Gasteiger partial charge in [-0.15, -0.1) is 0 Å². The van der Waals surface area contributed by atoms with Gasteiger partial charge in [-0.25, -0.2) is 25.9 Å². The van der Waals surface area contributed by atoms with Crippen molar-refractivity contribution in [3.05, 3.63) is 59.7 Å². The lowest BCUT2D eigenvalue weighted by molar-refractivity contribution is -0.142. The highest BCUT2D eigenvalue weighted by atomic mass is 32.2. The average molecular weight is 524 g/mol. The molecule has 1 aliphatic heterocycles. The molecule has 35 heavy (non-hydrogen) atoms. The lowest BCUT2D eigenvalue weighted by atomic mass is 10.1. The van der Waals surface area contributed by atoms with Crippen molar-refractivity contribution in [2.45, 2.75) is 48.1 Å². The zero-order chi connectivity index (χ0) is 26.0. The van der Waals surface area contributed by atoms with Gasteiger partial charge in [0.05, 0.1) is 9.79 Å². The number of sulfonamides is 2. The number of aliphatic carboxylic acids is 1. The van der Waals surface area contributed by atoms with E-state index in [1.165, 1.54) is 50.5 Å². The normalized spacial score (nSPS) is 17.9. The molecule has 1 fully saturated rings. The fourth-order valence-corrected chi connectivity index (χ4v) is 6.41. The number of carboxylic acids is 1. The Hall–Kier alpha value is -2.80. The lowest BCUT2D eigenvalue weighted by Gasteiger charge is -2.25. The molecule has 190 valence electrons. The number of hydrogen-bond donors (Lipinski definition) is 2. The maximum absolute atomic E-state index is 13.1.